The molecule has 0 aromatic heterocycles. The topological polar surface area (TPSA) is 0 Å². The van der Waals surface area contributed by atoms with Crippen molar-refractivity contribution in [1.82, 2.24) is 0 Å². The van der Waals surface area contributed by atoms with Gasteiger partial charge in [-0.15, -0.1) is 11.6 Å². The molecule has 0 fully saturated rings. The van der Waals surface area contributed by atoms with Crippen LogP contribution in [0, 0.1) is 24.6 Å². The Morgan fingerprint density at radius 1 is 0.698 bits per heavy atom. The van der Waals surface area contributed by atoms with Crippen LogP contribution in [0.4, 0.5) is 8.78 Å². The van der Waals surface area contributed by atoms with Crippen molar-refractivity contribution in [3.63, 3.8) is 0 Å². The number of fused-ring (bicyclic) bond motifs is 5. The number of benzene rings is 4. The third-order valence-electron chi connectivity index (χ3n) is 10.5. The number of rotatable bonds is 2. The summed E-state index contributed by atoms with van der Waals surface area (Å²) < 4.78 is 26.6. The molecule has 0 N–H and O–H groups in total. The fraction of sp³-hybridized carbons (Fsp3) is 0.292. The maximum Gasteiger partial charge on any atom is -1.00 e. The fourth-order valence-corrected chi connectivity index (χ4v) is 8.52. The average molecular weight is 825 g/mol. The zero-order valence-electron chi connectivity index (χ0n) is 32.5. The van der Waals surface area contributed by atoms with E-state index in [0.717, 1.165) is 20.8 Å². The van der Waals surface area contributed by atoms with E-state index in [0.29, 0.717) is 5.41 Å². The SMILES string of the molecule is CC1=[C-]C(C)(C)c2cc3c(cc21)-c1cc2c(cc1C3)C(C)(C)C=C2C.Cc1cc(C(C)(C)C)c[cH-]1.Fc1ccc([C](=[Zr+2])c2ccc(F)cc2)cc1.[Cl-].[Cl-]. The molecule has 53 heavy (non-hydrogen) atoms. The van der Waals surface area contributed by atoms with Crippen LogP contribution in [0.3, 0.4) is 0 Å². The van der Waals surface area contributed by atoms with Gasteiger partial charge in [-0.25, -0.2) is 11.6 Å². The molecule has 0 nitrogen and oxygen atoms in total. The van der Waals surface area contributed by atoms with E-state index in [1.807, 2.05) is 0 Å². The number of hydrogen-bond acceptors (Lipinski definition) is 0. The second-order valence-electron chi connectivity index (χ2n) is 16.5. The van der Waals surface area contributed by atoms with E-state index in [-0.39, 0.29) is 47.3 Å². The van der Waals surface area contributed by atoms with Crippen molar-refractivity contribution in [2.45, 2.75) is 91.9 Å². The van der Waals surface area contributed by atoms with Crippen LogP contribution in [-0.2, 0) is 46.9 Å². The van der Waals surface area contributed by atoms with Gasteiger partial charge < -0.3 is 24.8 Å². The number of hydrogen-bond donors (Lipinski definition) is 0. The molecule has 5 aromatic carbocycles. The van der Waals surface area contributed by atoms with Crippen molar-refractivity contribution in [3.8, 4) is 11.1 Å². The second kappa shape index (κ2) is 15.9. The van der Waals surface area contributed by atoms with Crippen LogP contribution >= 0.6 is 0 Å². The van der Waals surface area contributed by atoms with Crippen molar-refractivity contribution < 1.29 is 57.8 Å². The van der Waals surface area contributed by atoms with Gasteiger partial charge in [-0.3, -0.25) is 6.08 Å². The molecule has 0 bridgehead atoms. The first-order chi connectivity index (χ1) is 23.8. The summed E-state index contributed by atoms with van der Waals surface area (Å²) in [6, 6.07) is 29.1. The monoisotopic (exact) mass is 822 g/mol. The van der Waals surface area contributed by atoms with Gasteiger partial charge in [0.25, 0.3) is 0 Å². The Labute approximate surface area is 343 Å². The summed E-state index contributed by atoms with van der Waals surface area (Å²) >= 11 is 1.22. The first-order valence-corrected chi connectivity index (χ1v) is 19.1. The van der Waals surface area contributed by atoms with E-state index in [2.05, 4.69) is 124 Å². The van der Waals surface area contributed by atoms with Crippen LogP contribution in [0.15, 0.2) is 97.1 Å². The third-order valence-corrected chi connectivity index (χ3v) is 11.9. The van der Waals surface area contributed by atoms with Crippen molar-refractivity contribution >= 4 is 14.4 Å². The van der Waals surface area contributed by atoms with Crippen LogP contribution in [0.1, 0.15) is 118 Å². The van der Waals surface area contributed by atoms with Crippen LogP contribution < -0.4 is 24.8 Å². The maximum atomic E-state index is 12.8. The Morgan fingerprint density at radius 2 is 1.19 bits per heavy atom. The van der Waals surface area contributed by atoms with Gasteiger partial charge in [-0.1, -0.05) is 91.4 Å². The summed E-state index contributed by atoms with van der Waals surface area (Å²) in [6.45, 7) is 22.5. The van der Waals surface area contributed by atoms with Crippen molar-refractivity contribution in [2.24, 2.45) is 0 Å². The first-order valence-electron chi connectivity index (χ1n) is 17.9. The molecule has 0 radical (unpaired) electrons. The van der Waals surface area contributed by atoms with E-state index in [1.165, 1.54) is 115 Å². The molecular weight excluding hydrogens is 777 g/mol. The van der Waals surface area contributed by atoms with E-state index >= 15 is 0 Å². The fourth-order valence-electron chi connectivity index (χ4n) is 7.70. The van der Waals surface area contributed by atoms with Crippen LogP contribution in [0.2, 0.25) is 0 Å². The second-order valence-corrected chi connectivity index (χ2v) is 17.8. The Bertz CT molecular complexity index is 2070. The first kappa shape index (κ1) is 42.6. The normalized spacial score (nSPS) is 15.1. The Hall–Kier alpha value is -3.10. The van der Waals surface area contributed by atoms with Gasteiger partial charge in [0.1, 0.15) is 0 Å². The van der Waals surface area contributed by atoms with Crippen molar-refractivity contribution in [2.75, 3.05) is 0 Å². The minimum atomic E-state index is -0.244. The Morgan fingerprint density at radius 3 is 1.64 bits per heavy atom. The smallest absolute Gasteiger partial charge is 1.00 e. The summed E-state index contributed by atoms with van der Waals surface area (Å²) in [5.41, 5.74) is 19.6. The minimum absolute atomic E-state index is 0. The van der Waals surface area contributed by atoms with Gasteiger partial charge in [-0.05, 0) is 58.4 Å². The molecule has 5 heteroatoms. The largest absolute Gasteiger partial charge is 1.00 e. The predicted octanol–water partition coefficient (Wildman–Crippen LogP) is 6.55. The van der Waals surface area contributed by atoms with Gasteiger partial charge in [0.2, 0.25) is 0 Å². The summed E-state index contributed by atoms with van der Waals surface area (Å²) in [7, 11) is 0. The molecule has 0 amide bonds. The quantitative estimate of drug-likeness (QED) is 0.174. The summed E-state index contributed by atoms with van der Waals surface area (Å²) in [5, 5.41) is 0. The van der Waals surface area contributed by atoms with E-state index < -0.39 is 0 Å². The van der Waals surface area contributed by atoms with Gasteiger partial charge in [0, 0.05) is 5.41 Å². The van der Waals surface area contributed by atoms with E-state index in [4.69, 9.17) is 0 Å². The van der Waals surface area contributed by atoms with E-state index in [1.54, 1.807) is 24.3 Å². The van der Waals surface area contributed by atoms with Gasteiger partial charge >= 0.3 is 108 Å². The molecule has 0 unspecified atom stereocenters. The number of allylic oxidation sites excluding steroid dienone is 4. The molecule has 0 atom stereocenters. The molecule has 0 heterocycles. The zero-order chi connectivity index (χ0) is 37.0. The zero-order valence-corrected chi connectivity index (χ0v) is 36.4. The van der Waals surface area contributed by atoms with Crippen molar-refractivity contribution in [1.29, 1.82) is 0 Å². The van der Waals surface area contributed by atoms with Crippen LogP contribution in [-0.4, -0.2) is 3.21 Å². The molecule has 274 valence electrons. The Balaban J connectivity index is 0.000000194. The van der Waals surface area contributed by atoms with Gasteiger partial charge in [-0.2, -0.15) is 28.8 Å². The maximum absolute atomic E-state index is 12.8. The predicted molar refractivity (Wildman–Crippen MR) is 208 cm³/mol. The molecular formula is C48H48Cl2F2Zr-2. The molecule has 0 spiro atoms. The average Bonchev–Trinajstić information content (AvgIpc) is 3.77. The number of aryl methyl sites for hydroxylation is 1. The van der Waals surface area contributed by atoms with Gasteiger partial charge in [0.05, 0.1) is 0 Å². The summed E-state index contributed by atoms with van der Waals surface area (Å²) in [6.07, 6.45) is 7.13. The summed E-state index contributed by atoms with van der Waals surface area (Å²) in [4.78, 5) is 0. The summed E-state index contributed by atoms with van der Waals surface area (Å²) in [5.74, 6) is -0.488. The minimum Gasteiger partial charge on any atom is -1.00 e. The van der Waals surface area contributed by atoms with Crippen LogP contribution in [0.5, 0.6) is 0 Å². The standard InChI is InChI=1S/C25H25.C13H8F2.C10H15.2ClH.Zr/c1-14-12-24(3,4)22-8-16-7-17-9-23-19(15(2)13-25(23,5)6)11-21(17)20(16)10-18(14)22;14-12-5-1-10(2-6-12)9-11-3-7-13(15)8-4-11;1-8-5-6-9(7-8)10(2,3)4;;;/h8-12H,7H2,1-6H3;1-8H;5-7H,1-4H3;2*1H;/q-1;;-1;;;+2/p-2. The van der Waals surface area contributed by atoms with Crippen LogP contribution in [0.25, 0.3) is 22.3 Å². The molecule has 8 rings (SSSR count). The molecule has 3 aliphatic rings. The molecule has 5 aromatic rings. The Kier molecular flexibility index (Phi) is 12.8. The third kappa shape index (κ3) is 8.91. The van der Waals surface area contributed by atoms with Gasteiger partial charge in [0.15, 0.2) is 0 Å². The molecule has 0 saturated heterocycles. The van der Waals surface area contributed by atoms with Crippen molar-refractivity contribution in [3.05, 3.63) is 170 Å². The molecule has 0 saturated carbocycles. The van der Waals surface area contributed by atoms with E-state index in [9.17, 15) is 8.78 Å². The number of halogens is 4. The molecule has 0 aliphatic heterocycles. The molecule has 3 aliphatic carbocycles.